The Morgan fingerprint density at radius 1 is 1.05 bits per heavy atom. The second-order valence-electron chi connectivity index (χ2n) is 4.15. The molecule has 0 saturated heterocycles. The third-order valence-electron chi connectivity index (χ3n) is 2.78. The fourth-order valence-electron chi connectivity index (χ4n) is 1.91. The summed E-state index contributed by atoms with van der Waals surface area (Å²) in [5, 5.41) is 1.29. The van der Waals surface area contributed by atoms with Crippen molar-refractivity contribution in [3.63, 3.8) is 0 Å². The average Bonchev–Trinajstić information content (AvgIpc) is 2.47. The average molecular weight is 365 g/mol. The summed E-state index contributed by atoms with van der Waals surface area (Å²) in [6.07, 6.45) is 6.10. The van der Waals surface area contributed by atoms with Gasteiger partial charge < -0.3 is 0 Å². The molecule has 0 aliphatic heterocycles. The summed E-state index contributed by atoms with van der Waals surface area (Å²) in [4.78, 5) is 11.9. The number of halogens is 1. The van der Waals surface area contributed by atoms with Crippen LogP contribution < -0.4 is 4.72 Å². The maximum atomic E-state index is 12.5. The van der Waals surface area contributed by atoms with E-state index >= 15 is 0 Å². The van der Waals surface area contributed by atoms with Gasteiger partial charge in [-0.15, -0.1) is 0 Å². The Bertz CT molecular complexity index is 895. The number of hydrogen-bond donors (Lipinski definition) is 1. The predicted molar refractivity (Wildman–Crippen MR) is 82.3 cm³/mol. The Hall–Kier alpha value is -2.06. The number of fused-ring (bicyclic) bond motifs is 1. The number of hydrogen-bond acceptors (Lipinski definition) is 5. The Morgan fingerprint density at radius 3 is 2.57 bits per heavy atom. The molecule has 2 heterocycles. The molecule has 3 aromatic rings. The molecule has 0 radical (unpaired) electrons. The summed E-state index contributed by atoms with van der Waals surface area (Å²) in [7, 11) is -3.80. The molecule has 0 bridgehead atoms. The SMILES string of the molecule is O=S(=O)(Nc1ncccn1)c1cccc2cncc(Br)c12. The van der Waals surface area contributed by atoms with Gasteiger partial charge in [0.2, 0.25) is 5.95 Å². The molecule has 1 N–H and O–H groups in total. The van der Waals surface area contributed by atoms with Gasteiger partial charge in [-0.25, -0.2) is 23.1 Å². The molecule has 1 aromatic carbocycles. The standard InChI is InChI=1S/C13H9BrN4O2S/c14-10-8-15-7-9-3-1-4-11(12(9)10)21(19,20)18-13-16-5-2-6-17-13/h1-8H,(H,16,17,18). The van der Waals surface area contributed by atoms with Gasteiger partial charge in [0.25, 0.3) is 10.0 Å². The van der Waals surface area contributed by atoms with E-state index in [1.54, 1.807) is 30.6 Å². The molecule has 0 amide bonds. The van der Waals surface area contributed by atoms with Gasteiger partial charge in [-0.05, 0) is 28.1 Å². The molecule has 106 valence electrons. The number of nitrogens with zero attached hydrogens (tertiary/aromatic N) is 3. The molecule has 6 nitrogen and oxygen atoms in total. The van der Waals surface area contributed by atoms with Crippen molar-refractivity contribution in [2.24, 2.45) is 0 Å². The molecule has 2 aromatic heterocycles. The van der Waals surface area contributed by atoms with Crippen LogP contribution >= 0.6 is 15.9 Å². The number of aromatic nitrogens is 3. The Kier molecular flexibility index (Phi) is 3.56. The smallest absolute Gasteiger partial charge is 0.263 e. The van der Waals surface area contributed by atoms with Crippen molar-refractivity contribution in [2.75, 3.05) is 4.72 Å². The van der Waals surface area contributed by atoms with Gasteiger partial charge in [0, 0.05) is 40.0 Å². The monoisotopic (exact) mass is 364 g/mol. The van der Waals surface area contributed by atoms with Crippen molar-refractivity contribution in [2.45, 2.75) is 4.90 Å². The molecular formula is C13H9BrN4O2S. The zero-order valence-electron chi connectivity index (χ0n) is 10.6. The van der Waals surface area contributed by atoms with Crippen LogP contribution in [0.5, 0.6) is 0 Å². The second-order valence-corrected chi connectivity index (χ2v) is 6.66. The summed E-state index contributed by atoms with van der Waals surface area (Å²) >= 11 is 3.34. The minimum atomic E-state index is -3.80. The van der Waals surface area contributed by atoms with Gasteiger partial charge >= 0.3 is 0 Å². The highest BCUT2D eigenvalue weighted by Gasteiger charge is 2.20. The number of pyridine rings is 1. The first-order chi connectivity index (χ1) is 10.1. The van der Waals surface area contributed by atoms with Crippen molar-refractivity contribution in [1.82, 2.24) is 15.0 Å². The Balaban J connectivity index is 2.16. The van der Waals surface area contributed by atoms with Crippen LogP contribution in [0, 0.1) is 0 Å². The maximum Gasteiger partial charge on any atom is 0.264 e. The molecule has 0 unspecified atom stereocenters. The van der Waals surface area contributed by atoms with Crippen LogP contribution in [0.2, 0.25) is 0 Å². The van der Waals surface area contributed by atoms with E-state index in [0.29, 0.717) is 9.86 Å². The molecular weight excluding hydrogens is 356 g/mol. The molecule has 0 aliphatic rings. The minimum absolute atomic E-state index is 0.0275. The van der Waals surface area contributed by atoms with Gasteiger partial charge in [-0.1, -0.05) is 12.1 Å². The lowest BCUT2D eigenvalue weighted by Crippen LogP contribution is -2.15. The number of anilines is 1. The predicted octanol–water partition coefficient (Wildman–Crippen LogP) is 2.59. The van der Waals surface area contributed by atoms with Crippen molar-refractivity contribution < 1.29 is 8.42 Å². The Labute approximate surface area is 129 Å². The van der Waals surface area contributed by atoms with Crippen molar-refractivity contribution in [3.05, 3.63) is 53.5 Å². The summed E-state index contributed by atoms with van der Waals surface area (Å²) in [6, 6.07) is 6.60. The molecule has 21 heavy (non-hydrogen) atoms. The number of rotatable bonds is 3. The summed E-state index contributed by atoms with van der Waals surface area (Å²) in [6.45, 7) is 0. The summed E-state index contributed by atoms with van der Waals surface area (Å²) in [5.74, 6) is 0.0275. The van der Waals surface area contributed by atoms with Gasteiger partial charge in [-0.2, -0.15) is 0 Å². The summed E-state index contributed by atoms with van der Waals surface area (Å²) in [5.41, 5.74) is 0. The molecule has 3 rings (SSSR count). The molecule has 0 spiro atoms. The lowest BCUT2D eigenvalue weighted by atomic mass is 10.2. The highest BCUT2D eigenvalue weighted by Crippen LogP contribution is 2.29. The highest BCUT2D eigenvalue weighted by atomic mass is 79.9. The summed E-state index contributed by atoms with van der Waals surface area (Å²) < 4.78 is 28.0. The Morgan fingerprint density at radius 2 is 1.81 bits per heavy atom. The van der Waals surface area contributed by atoms with E-state index < -0.39 is 10.0 Å². The first-order valence-electron chi connectivity index (χ1n) is 5.90. The van der Waals surface area contributed by atoms with Gasteiger partial charge in [-0.3, -0.25) is 4.98 Å². The van der Waals surface area contributed by atoms with Crippen molar-refractivity contribution in [3.8, 4) is 0 Å². The van der Waals surface area contributed by atoms with E-state index in [1.165, 1.54) is 18.5 Å². The molecule has 0 saturated carbocycles. The van der Waals surface area contributed by atoms with Gasteiger partial charge in [0.15, 0.2) is 0 Å². The van der Waals surface area contributed by atoms with Crippen LogP contribution in [0.1, 0.15) is 0 Å². The third kappa shape index (κ3) is 2.72. The topological polar surface area (TPSA) is 84.8 Å². The van der Waals surface area contributed by atoms with Gasteiger partial charge in [0.05, 0.1) is 4.90 Å². The van der Waals surface area contributed by atoms with Crippen LogP contribution in [0.4, 0.5) is 5.95 Å². The van der Waals surface area contributed by atoms with Crippen molar-refractivity contribution in [1.29, 1.82) is 0 Å². The molecule has 8 heteroatoms. The zero-order valence-corrected chi connectivity index (χ0v) is 13.0. The van der Waals surface area contributed by atoms with Gasteiger partial charge in [0.1, 0.15) is 0 Å². The number of nitrogens with one attached hydrogen (secondary N) is 1. The lowest BCUT2D eigenvalue weighted by Gasteiger charge is -2.10. The minimum Gasteiger partial charge on any atom is -0.263 e. The largest absolute Gasteiger partial charge is 0.264 e. The quantitative estimate of drug-likeness (QED) is 0.771. The van der Waals surface area contributed by atoms with E-state index in [9.17, 15) is 8.42 Å². The molecule has 0 atom stereocenters. The first-order valence-corrected chi connectivity index (χ1v) is 8.17. The first kappa shape index (κ1) is 13.9. The number of benzene rings is 1. The van der Waals surface area contributed by atoms with Crippen molar-refractivity contribution >= 4 is 42.7 Å². The van der Waals surface area contributed by atoms with Crippen LogP contribution in [0.3, 0.4) is 0 Å². The van der Waals surface area contributed by atoms with Crippen LogP contribution in [0.25, 0.3) is 10.8 Å². The molecule has 0 fully saturated rings. The molecule has 0 aliphatic carbocycles. The lowest BCUT2D eigenvalue weighted by molar-refractivity contribution is 0.601. The van der Waals surface area contributed by atoms with Crippen LogP contribution in [-0.4, -0.2) is 23.4 Å². The van der Waals surface area contributed by atoms with Crippen LogP contribution in [-0.2, 0) is 10.0 Å². The van der Waals surface area contributed by atoms with E-state index in [4.69, 9.17) is 0 Å². The zero-order chi connectivity index (χ0) is 14.9. The van der Waals surface area contributed by atoms with E-state index in [0.717, 1.165) is 5.39 Å². The number of sulfonamides is 1. The maximum absolute atomic E-state index is 12.5. The second kappa shape index (κ2) is 5.38. The van der Waals surface area contributed by atoms with E-state index in [-0.39, 0.29) is 10.8 Å². The third-order valence-corrected chi connectivity index (χ3v) is 4.75. The van der Waals surface area contributed by atoms with Crippen LogP contribution in [0.15, 0.2) is 58.4 Å². The fraction of sp³-hybridized carbons (Fsp3) is 0. The highest BCUT2D eigenvalue weighted by molar-refractivity contribution is 9.10. The normalized spacial score (nSPS) is 11.5. The fourth-order valence-corrected chi connectivity index (χ4v) is 3.81. The van der Waals surface area contributed by atoms with E-state index in [1.807, 2.05) is 0 Å². The van der Waals surface area contributed by atoms with E-state index in [2.05, 4.69) is 35.6 Å².